The molecule has 0 unspecified atom stereocenters. The number of rotatable bonds is 2. The summed E-state index contributed by atoms with van der Waals surface area (Å²) in [6.07, 6.45) is 3.13. The van der Waals surface area contributed by atoms with E-state index in [0.29, 0.717) is 22.3 Å². The van der Waals surface area contributed by atoms with Crippen LogP contribution in [0.1, 0.15) is 5.56 Å². The molecule has 3 rings (SSSR count). The third-order valence-electron chi connectivity index (χ3n) is 2.79. The minimum Gasteiger partial charge on any atom is -0.438 e. The summed E-state index contributed by atoms with van der Waals surface area (Å²) < 4.78 is 5.83. The second kappa shape index (κ2) is 4.82. The minimum atomic E-state index is 0.392. The average Bonchev–Trinajstić information content (AvgIpc) is 2.44. The summed E-state index contributed by atoms with van der Waals surface area (Å²) in [5.41, 5.74) is 1.59. The van der Waals surface area contributed by atoms with Crippen LogP contribution in [-0.4, -0.2) is 15.0 Å². The van der Waals surface area contributed by atoms with Crippen molar-refractivity contribution in [3.8, 4) is 11.6 Å². The molecule has 4 nitrogen and oxygen atoms in total. The van der Waals surface area contributed by atoms with Gasteiger partial charge in [-0.2, -0.15) is 0 Å². The van der Waals surface area contributed by atoms with Crippen LogP contribution in [0.3, 0.4) is 0 Å². The molecule has 3 aromatic rings. The topological polar surface area (TPSA) is 47.9 Å². The van der Waals surface area contributed by atoms with Gasteiger partial charge in [0.25, 0.3) is 0 Å². The fourth-order valence-electron chi connectivity index (χ4n) is 1.79. The van der Waals surface area contributed by atoms with Gasteiger partial charge in [0.05, 0.1) is 5.52 Å². The second-order valence-corrected chi connectivity index (χ2v) is 4.38. The molecule has 2 heterocycles. The minimum absolute atomic E-state index is 0.392. The van der Waals surface area contributed by atoms with E-state index in [1.807, 2.05) is 37.3 Å². The van der Waals surface area contributed by atoms with Crippen molar-refractivity contribution in [2.24, 2.45) is 0 Å². The molecule has 5 heteroatoms. The monoisotopic (exact) mass is 271 g/mol. The molecule has 0 atom stereocenters. The van der Waals surface area contributed by atoms with Gasteiger partial charge in [-0.05, 0) is 31.2 Å². The standard InChI is InChI=1S/C14H10ClN3O/c1-9-13(15)17-8-18-14(9)19-12-6-2-5-11-10(12)4-3-7-16-11/h2-8H,1H3. The number of ether oxygens (including phenoxy) is 1. The molecule has 1 aromatic carbocycles. The Morgan fingerprint density at radius 3 is 2.84 bits per heavy atom. The SMILES string of the molecule is Cc1c(Cl)ncnc1Oc1cccc2ncccc12. The number of nitrogens with zero attached hydrogens (tertiary/aromatic N) is 3. The molecule has 0 saturated carbocycles. The highest BCUT2D eigenvalue weighted by molar-refractivity contribution is 6.30. The van der Waals surface area contributed by atoms with Crippen LogP contribution in [0.4, 0.5) is 0 Å². The Kier molecular flexibility index (Phi) is 3.01. The summed E-state index contributed by atoms with van der Waals surface area (Å²) in [5.74, 6) is 1.15. The van der Waals surface area contributed by atoms with Gasteiger partial charge >= 0.3 is 0 Å². The van der Waals surface area contributed by atoms with E-state index in [4.69, 9.17) is 16.3 Å². The highest BCUT2D eigenvalue weighted by Crippen LogP contribution is 2.30. The fourth-order valence-corrected chi connectivity index (χ4v) is 1.91. The van der Waals surface area contributed by atoms with Crippen LogP contribution < -0.4 is 4.74 Å². The van der Waals surface area contributed by atoms with Crippen molar-refractivity contribution < 1.29 is 4.74 Å². The molecule has 19 heavy (non-hydrogen) atoms. The van der Waals surface area contributed by atoms with Gasteiger partial charge in [-0.25, -0.2) is 9.97 Å². The maximum atomic E-state index is 5.95. The Morgan fingerprint density at radius 1 is 1.05 bits per heavy atom. The molecule has 0 aliphatic rings. The van der Waals surface area contributed by atoms with E-state index >= 15 is 0 Å². The molecular formula is C14H10ClN3O. The summed E-state index contributed by atoms with van der Waals surface area (Å²) in [7, 11) is 0. The first-order chi connectivity index (χ1) is 9.25. The zero-order valence-electron chi connectivity index (χ0n) is 10.2. The van der Waals surface area contributed by atoms with Crippen molar-refractivity contribution in [2.45, 2.75) is 6.92 Å². The summed E-state index contributed by atoms with van der Waals surface area (Å²) in [6.45, 7) is 1.82. The third kappa shape index (κ3) is 2.22. The number of aromatic nitrogens is 3. The van der Waals surface area contributed by atoms with Gasteiger partial charge in [-0.15, -0.1) is 0 Å². The summed E-state index contributed by atoms with van der Waals surface area (Å²) >= 11 is 5.95. The lowest BCUT2D eigenvalue weighted by molar-refractivity contribution is 0.462. The van der Waals surface area contributed by atoms with Crippen molar-refractivity contribution in [1.82, 2.24) is 15.0 Å². The average molecular weight is 272 g/mol. The van der Waals surface area contributed by atoms with E-state index in [2.05, 4.69) is 15.0 Å². The summed E-state index contributed by atoms with van der Waals surface area (Å²) in [4.78, 5) is 12.3. The van der Waals surface area contributed by atoms with Crippen LogP contribution in [0, 0.1) is 6.92 Å². The number of hydrogen-bond acceptors (Lipinski definition) is 4. The number of fused-ring (bicyclic) bond motifs is 1. The molecule has 0 saturated heterocycles. The predicted molar refractivity (Wildman–Crippen MR) is 73.6 cm³/mol. The molecule has 0 N–H and O–H groups in total. The first-order valence-electron chi connectivity index (χ1n) is 5.74. The Morgan fingerprint density at radius 2 is 1.95 bits per heavy atom. The number of halogens is 1. The molecule has 0 radical (unpaired) electrons. The van der Waals surface area contributed by atoms with Crippen LogP contribution in [0.5, 0.6) is 11.6 Å². The van der Waals surface area contributed by atoms with E-state index in [-0.39, 0.29) is 0 Å². The first-order valence-corrected chi connectivity index (χ1v) is 6.12. The van der Waals surface area contributed by atoms with Crippen molar-refractivity contribution in [2.75, 3.05) is 0 Å². The molecule has 94 valence electrons. The van der Waals surface area contributed by atoms with Gasteiger partial charge in [0.2, 0.25) is 5.88 Å². The predicted octanol–water partition coefficient (Wildman–Crippen LogP) is 3.78. The molecule has 0 aliphatic heterocycles. The van der Waals surface area contributed by atoms with Crippen molar-refractivity contribution in [3.05, 3.63) is 53.6 Å². The van der Waals surface area contributed by atoms with Crippen LogP contribution >= 0.6 is 11.6 Å². The van der Waals surface area contributed by atoms with Gasteiger partial charge in [-0.1, -0.05) is 17.7 Å². The largest absolute Gasteiger partial charge is 0.438 e. The number of pyridine rings is 1. The van der Waals surface area contributed by atoms with E-state index < -0.39 is 0 Å². The zero-order chi connectivity index (χ0) is 13.2. The number of benzene rings is 1. The van der Waals surface area contributed by atoms with Gasteiger partial charge in [0.15, 0.2) is 0 Å². The second-order valence-electron chi connectivity index (χ2n) is 4.02. The quantitative estimate of drug-likeness (QED) is 0.666. The van der Waals surface area contributed by atoms with Crippen LogP contribution in [-0.2, 0) is 0 Å². The normalized spacial score (nSPS) is 10.6. The lowest BCUT2D eigenvalue weighted by Crippen LogP contribution is -1.94. The first kappa shape index (κ1) is 11.9. The maximum Gasteiger partial charge on any atom is 0.226 e. The summed E-state index contributed by atoms with van der Waals surface area (Å²) in [6, 6.07) is 9.52. The van der Waals surface area contributed by atoms with Crippen LogP contribution in [0.15, 0.2) is 42.9 Å². The van der Waals surface area contributed by atoms with Gasteiger partial charge in [-0.3, -0.25) is 4.98 Å². The molecule has 0 amide bonds. The molecule has 0 aliphatic carbocycles. The van der Waals surface area contributed by atoms with Gasteiger partial charge < -0.3 is 4.74 Å². The highest BCUT2D eigenvalue weighted by Gasteiger charge is 2.09. The van der Waals surface area contributed by atoms with Crippen molar-refractivity contribution >= 4 is 22.5 Å². The third-order valence-corrected chi connectivity index (χ3v) is 3.17. The van der Waals surface area contributed by atoms with E-state index in [1.165, 1.54) is 6.33 Å². The van der Waals surface area contributed by atoms with Crippen molar-refractivity contribution in [1.29, 1.82) is 0 Å². The lowest BCUT2D eigenvalue weighted by atomic mass is 10.2. The molecule has 0 bridgehead atoms. The Labute approximate surface area is 115 Å². The van der Waals surface area contributed by atoms with Crippen LogP contribution in [0.2, 0.25) is 5.15 Å². The zero-order valence-corrected chi connectivity index (χ0v) is 10.9. The summed E-state index contributed by atoms with van der Waals surface area (Å²) in [5, 5.41) is 1.32. The number of hydrogen-bond donors (Lipinski definition) is 0. The van der Waals surface area contributed by atoms with E-state index in [0.717, 1.165) is 10.9 Å². The van der Waals surface area contributed by atoms with Crippen LogP contribution in [0.25, 0.3) is 10.9 Å². The molecule has 0 spiro atoms. The van der Waals surface area contributed by atoms with Gasteiger partial charge in [0, 0.05) is 17.1 Å². The fraction of sp³-hybridized carbons (Fsp3) is 0.0714. The lowest BCUT2D eigenvalue weighted by Gasteiger charge is -2.09. The Hall–Kier alpha value is -2.20. The smallest absolute Gasteiger partial charge is 0.226 e. The highest BCUT2D eigenvalue weighted by atomic mass is 35.5. The van der Waals surface area contributed by atoms with E-state index in [9.17, 15) is 0 Å². The molecule has 2 aromatic heterocycles. The Bertz CT molecular complexity index is 740. The maximum absolute atomic E-state index is 5.95. The Balaban J connectivity index is 2.09. The molecule has 0 fully saturated rings. The van der Waals surface area contributed by atoms with E-state index in [1.54, 1.807) is 6.20 Å². The van der Waals surface area contributed by atoms with Crippen molar-refractivity contribution in [3.63, 3.8) is 0 Å². The van der Waals surface area contributed by atoms with Gasteiger partial charge in [0.1, 0.15) is 17.2 Å². The molecular weight excluding hydrogens is 262 g/mol.